The van der Waals surface area contributed by atoms with Crippen LogP contribution in [0.2, 0.25) is 0 Å². The van der Waals surface area contributed by atoms with Gasteiger partial charge in [-0.1, -0.05) is 12.1 Å². The summed E-state index contributed by atoms with van der Waals surface area (Å²) in [6.45, 7) is -1.38. The molecule has 20 heavy (non-hydrogen) atoms. The Hall–Kier alpha value is -2.05. The third-order valence-electron chi connectivity index (χ3n) is 2.28. The van der Waals surface area contributed by atoms with Gasteiger partial charge in [-0.05, 0) is 23.8 Å². The standard InChI is InChI=1S/C13H13F4NO2/c1-19-11(18)7-4-9-2-5-10(6-3-9)20-8-13(16,17)12(14)15/h2-7,12,18H,8H2,1H3/b7-4+,18-11?. The Labute approximate surface area is 113 Å². The van der Waals surface area contributed by atoms with E-state index in [0.29, 0.717) is 5.56 Å². The number of benzene rings is 1. The molecule has 0 heterocycles. The van der Waals surface area contributed by atoms with Gasteiger partial charge in [-0.25, -0.2) is 8.78 Å². The Morgan fingerprint density at radius 3 is 2.40 bits per heavy atom. The van der Waals surface area contributed by atoms with Gasteiger partial charge >= 0.3 is 12.3 Å². The molecule has 0 aliphatic rings. The van der Waals surface area contributed by atoms with Crippen molar-refractivity contribution in [2.45, 2.75) is 12.3 Å². The van der Waals surface area contributed by atoms with Gasteiger partial charge in [0.15, 0.2) is 6.61 Å². The van der Waals surface area contributed by atoms with E-state index in [-0.39, 0.29) is 11.6 Å². The van der Waals surface area contributed by atoms with Crippen LogP contribution >= 0.6 is 0 Å². The van der Waals surface area contributed by atoms with Crippen molar-refractivity contribution < 1.29 is 27.0 Å². The second-order valence-electron chi connectivity index (χ2n) is 3.82. The Kier molecular flexibility index (Phi) is 5.54. The fourth-order valence-electron chi connectivity index (χ4n) is 1.16. The molecule has 0 radical (unpaired) electrons. The summed E-state index contributed by atoms with van der Waals surface area (Å²) >= 11 is 0. The molecular weight excluding hydrogens is 278 g/mol. The number of ether oxygens (including phenoxy) is 2. The van der Waals surface area contributed by atoms with E-state index < -0.39 is 19.0 Å². The summed E-state index contributed by atoms with van der Waals surface area (Å²) in [6.07, 6.45) is -0.783. The van der Waals surface area contributed by atoms with Gasteiger partial charge in [-0.3, -0.25) is 5.41 Å². The maximum atomic E-state index is 12.6. The first kappa shape index (κ1) is 16.0. The molecule has 0 amide bonds. The average Bonchev–Trinajstić information content (AvgIpc) is 2.43. The zero-order chi connectivity index (χ0) is 15.2. The predicted octanol–water partition coefficient (Wildman–Crippen LogP) is 3.60. The minimum absolute atomic E-state index is 0.0399. The smallest absolute Gasteiger partial charge is 0.340 e. The summed E-state index contributed by atoms with van der Waals surface area (Å²) in [5.74, 6) is -4.15. The summed E-state index contributed by atoms with van der Waals surface area (Å²) in [5, 5.41) is 7.22. The van der Waals surface area contributed by atoms with Gasteiger partial charge in [0, 0.05) is 6.08 Å². The predicted molar refractivity (Wildman–Crippen MR) is 66.7 cm³/mol. The lowest BCUT2D eigenvalue weighted by Crippen LogP contribution is -2.33. The maximum Gasteiger partial charge on any atom is 0.340 e. The highest BCUT2D eigenvalue weighted by Gasteiger charge is 2.41. The Bertz CT molecular complexity index is 472. The molecule has 0 aliphatic carbocycles. The summed E-state index contributed by atoms with van der Waals surface area (Å²) in [7, 11) is 1.35. The van der Waals surface area contributed by atoms with E-state index in [4.69, 9.17) is 5.41 Å². The van der Waals surface area contributed by atoms with E-state index in [1.807, 2.05) is 0 Å². The lowest BCUT2D eigenvalue weighted by molar-refractivity contribution is -0.148. The number of halogens is 4. The molecule has 0 atom stereocenters. The van der Waals surface area contributed by atoms with Crippen LogP contribution in [0.15, 0.2) is 30.3 Å². The van der Waals surface area contributed by atoms with Crippen molar-refractivity contribution in [1.82, 2.24) is 0 Å². The van der Waals surface area contributed by atoms with E-state index in [2.05, 4.69) is 9.47 Å². The van der Waals surface area contributed by atoms with E-state index in [0.717, 1.165) is 0 Å². The van der Waals surface area contributed by atoms with Crippen molar-refractivity contribution in [3.8, 4) is 5.75 Å². The molecule has 0 saturated carbocycles. The molecule has 3 nitrogen and oxygen atoms in total. The molecular formula is C13H13F4NO2. The van der Waals surface area contributed by atoms with Crippen molar-refractivity contribution >= 4 is 12.0 Å². The summed E-state index contributed by atoms with van der Waals surface area (Å²) in [5.41, 5.74) is 0.680. The third kappa shape index (κ3) is 4.91. The van der Waals surface area contributed by atoms with Crippen LogP contribution in [-0.2, 0) is 4.74 Å². The molecule has 0 bridgehead atoms. The zero-order valence-electron chi connectivity index (χ0n) is 10.6. The molecule has 0 fully saturated rings. The van der Waals surface area contributed by atoms with Crippen LogP contribution in [0.1, 0.15) is 5.56 Å². The molecule has 1 aromatic rings. The minimum Gasteiger partial charge on any atom is -0.487 e. The van der Waals surface area contributed by atoms with Crippen LogP contribution in [0.5, 0.6) is 5.75 Å². The van der Waals surface area contributed by atoms with Crippen LogP contribution in [0.4, 0.5) is 17.6 Å². The number of hydrogen-bond acceptors (Lipinski definition) is 3. The second kappa shape index (κ2) is 6.93. The first-order valence-corrected chi connectivity index (χ1v) is 5.54. The van der Waals surface area contributed by atoms with E-state index in [1.54, 1.807) is 6.08 Å². The maximum absolute atomic E-state index is 12.6. The third-order valence-corrected chi connectivity index (χ3v) is 2.28. The highest BCUT2D eigenvalue weighted by Crippen LogP contribution is 2.24. The number of hydrogen-bond donors (Lipinski definition) is 1. The van der Waals surface area contributed by atoms with Gasteiger partial charge in [0.05, 0.1) is 7.11 Å². The highest BCUT2D eigenvalue weighted by atomic mass is 19.3. The van der Waals surface area contributed by atoms with Crippen LogP contribution in [0, 0.1) is 5.41 Å². The lowest BCUT2D eigenvalue weighted by Gasteiger charge is -2.15. The molecule has 110 valence electrons. The first-order chi connectivity index (χ1) is 9.35. The molecule has 0 spiro atoms. The Morgan fingerprint density at radius 1 is 1.30 bits per heavy atom. The number of methoxy groups -OCH3 is 1. The zero-order valence-corrected chi connectivity index (χ0v) is 10.6. The summed E-state index contributed by atoms with van der Waals surface area (Å²) in [4.78, 5) is 0. The molecule has 1 N–H and O–H groups in total. The fraction of sp³-hybridized carbons (Fsp3) is 0.308. The quantitative estimate of drug-likeness (QED) is 0.494. The highest BCUT2D eigenvalue weighted by molar-refractivity contribution is 5.89. The van der Waals surface area contributed by atoms with E-state index in [9.17, 15) is 17.6 Å². The van der Waals surface area contributed by atoms with Crippen molar-refractivity contribution in [2.24, 2.45) is 0 Å². The van der Waals surface area contributed by atoms with Crippen molar-refractivity contribution in [2.75, 3.05) is 13.7 Å². The monoisotopic (exact) mass is 291 g/mol. The SMILES string of the molecule is COC(=N)/C=C/c1ccc(OCC(F)(F)C(F)F)cc1. The molecule has 0 unspecified atom stereocenters. The van der Waals surface area contributed by atoms with Gasteiger partial charge in [0.2, 0.25) is 5.90 Å². The van der Waals surface area contributed by atoms with Gasteiger partial charge in [-0.15, -0.1) is 0 Å². The Balaban J connectivity index is 2.59. The van der Waals surface area contributed by atoms with Gasteiger partial charge < -0.3 is 9.47 Å². The van der Waals surface area contributed by atoms with Gasteiger partial charge in [0.1, 0.15) is 5.75 Å². The fourth-order valence-corrected chi connectivity index (χ4v) is 1.16. The molecule has 0 aromatic heterocycles. The van der Waals surface area contributed by atoms with Gasteiger partial charge in [0.25, 0.3) is 0 Å². The number of nitrogens with one attached hydrogen (secondary N) is 1. The van der Waals surface area contributed by atoms with Crippen molar-refractivity contribution in [1.29, 1.82) is 5.41 Å². The van der Waals surface area contributed by atoms with Crippen LogP contribution in [0.25, 0.3) is 6.08 Å². The Morgan fingerprint density at radius 2 is 1.90 bits per heavy atom. The van der Waals surface area contributed by atoms with Gasteiger partial charge in [-0.2, -0.15) is 8.78 Å². The molecule has 0 aliphatic heterocycles. The normalized spacial score (nSPS) is 11.9. The molecule has 7 heteroatoms. The van der Waals surface area contributed by atoms with Crippen molar-refractivity contribution in [3.63, 3.8) is 0 Å². The number of alkyl halides is 4. The minimum atomic E-state index is -4.17. The first-order valence-electron chi connectivity index (χ1n) is 5.54. The van der Waals surface area contributed by atoms with Crippen LogP contribution in [0.3, 0.4) is 0 Å². The van der Waals surface area contributed by atoms with E-state index >= 15 is 0 Å². The van der Waals surface area contributed by atoms with Crippen molar-refractivity contribution in [3.05, 3.63) is 35.9 Å². The number of rotatable bonds is 6. The van der Waals surface area contributed by atoms with E-state index in [1.165, 1.54) is 37.5 Å². The summed E-state index contributed by atoms with van der Waals surface area (Å²) in [6, 6.07) is 5.82. The van der Waals surface area contributed by atoms with Crippen LogP contribution in [-0.4, -0.2) is 32.0 Å². The lowest BCUT2D eigenvalue weighted by atomic mass is 10.2. The largest absolute Gasteiger partial charge is 0.487 e. The topological polar surface area (TPSA) is 42.3 Å². The molecule has 0 saturated heterocycles. The molecule has 1 rings (SSSR count). The summed E-state index contributed by atoms with van der Waals surface area (Å²) < 4.78 is 58.3. The van der Waals surface area contributed by atoms with Crippen LogP contribution < -0.4 is 4.74 Å². The average molecular weight is 291 g/mol. The molecule has 1 aromatic carbocycles. The second-order valence-corrected chi connectivity index (χ2v) is 3.82.